The molecule has 15 heavy (non-hydrogen) atoms. The largest absolute Gasteiger partial charge is 0.315 e. The molecule has 1 unspecified atom stereocenters. The number of hydrogen-bond donors (Lipinski definition) is 2. The minimum atomic E-state index is 0.407. The predicted molar refractivity (Wildman–Crippen MR) is 66.3 cm³/mol. The smallest absolute Gasteiger partial charge is 0.0444 e. The Labute approximate surface area is 93.1 Å². The SMILES string of the molecule is CCNCC(NC)c1ccc(C)c(C)c1. The van der Waals surface area contributed by atoms with Gasteiger partial charge in [-0.3, -0.25) is 0 Å². The Hall–Kier alpha value is -0.860. The second-order valence-electron chi connectivity index (χ2n) is 3.99. The summed E-state index contributed by atoms with van der Waals surface area (Å²) in [5.74, 6) is 0. The molecule has 0 radical (unpaired) electrons. The van der Waals surface area contributed by atoms with Crippen molar-refractivity contribution >= 4 is 0 Å². The Morgan fingerprint density at radius 2 is 1.93 bits per heavy atom. The van der Waals surface area contributed by atoms with Gasteiger partial charge in [0.2, 0.25) is 0 Å². The first-order valence-electron chi connectivity index (χ1n) is 5.64. The Kier molecular flexibility index (Phi) is 4.79. The predicted octanol–water partition coefficient (Wildman–Crippen LogP) is 2.17. The number of nitrogens with one attached hydrogen (secondary N) is 2. The molecule has 0 aliphatic rings. The summed E-state index contributed by atoms with van der Waals surface area (Å²) in [7, 11) is 2.01. The van der Waals surface area contributed by atoms with Gasteiger partial charge < -0.3 is 10.6 Å². The van der Waals surface area contributed by atoms with Gasteiger partial charge in [0, 0.05) is 12.6 Å². The van der Waals surface area contributed by atoms with Crippen LogP contribution in [0.1, 0.15) is 29.7 Å². The zero-order chi connectivity index (χ0) is 11.3. The standard InChI is InChI=1S/C13H22N2/c1-5-15-9-13(14-4)12-7-6-10(2)11(3)8-12/h6-8,13-15H,5,9H2,1-4H3. The van der Waals surface area contributed by atoms with Crippen molar-refractivity contribution < 1.29 is 0 Å². The monoisotopic (exact) mass is 206 g/mol. The van der Waals surface area contributed by atoms with Gasteiger partial charge >= 0.3 is 0 Å². The van der Waals surface area contributed by atoms with Gasteiger partial charge in [-0.15, -0.1) is 0 Å². The van der Waals surface area contributed by atoms with E-state index in [1.54, 1.807) is 0 Å². The molecule has 0 spiro atoms. The third-order valence-corrected chi connectivity index (χ3v) is 2.88. The summed E-state index contributed by atoms with van der Waals surface area (Å²) in [6.07, 6.45) is 0. The van der Waals surface area contributed by atoms with Crippen LogP contribution in [0.25, 0.3) is 0 Å². The maximum atomic E-state index is 3.37. The fourth-order valence-electron chi connectivity index (χ4n) is 1.66. The molecule has 1 atom stereocenters. The van der Waals surface area contributed by atoms with E-state index in [1.165, 1.54) is 16.7 Å². The highest BCUT2D eigenvalue weighted by molar-refractivity contribution is 5.31. The van der Waals surface area contributed by atoms with E-state index in [2.05, 4.69) is 49.6 Å². The van der Waals surface area contributed by atoms with Crippen molar-refractivity contribution in [1.29, 1.82) is 0 Å². The molecule has 2 heteroatoms. The van der Waals surface area contributed by atoms with E-state index in [0.29, 0.717) is 6.04 Å². The van der Waals surface area contributed by atoms with E-state index in [4.69, 9.17) is 0 Å². The molecular formula is C13H22N2. The summed E-state index contributed by atoms with van der Waals surface area (Å²) >= 11 is 0. The number of hydrogen-bond acceptors (Lipinski definition) is 2. The molecule has 1 aromatic rings. The van der Waals surface area contributed by atoms with Crippen molar-refractivity contribution in [3.8, 4) is 0 Å². The van der Waals surface area contributed by atoms with Gasteiger partial charge in [-0.25, -0.2) is 0 Å². The molecule has 1 rings (SSSR count). The maximum absolute atomic E-state index is 3.37. The van der Waals surface area contributed by atoms with Crippen LogP contribution >= 0.6 is 0 Å². The number of likely N-dealkylation sites (N-methyl/N-ethyl adjacent to an activating group) is 2. The highest BCUT2D eigenvalue weighted by Crippen LogP contribution is 2.16. The summed E-state index contributed by atoms with van der Waals surface area (Å²) in [6, 6.07) is 7.08. The Bertz CT molecular complexity index is 307. The summed E-state index contributed by atoms with van der Waals surface area (Å²) in [5, 5.41) is 6.71. The van der Waals surface area contributed by atoms with Gasteiger partial charge in [0.15, 0.2) is 0 Å². The first kappa shape index (κ1) is 12.2. The lowest BCUT2D eigenvalue weighted by Crippen LogP contribution is -2.29. The van der Waals surface area contributed by atoms with Gasteiger partial charge in [-0.1, -0.05) is 25.1 Å². The first-order valence-corrected chi connectivity index (χ1v) is 5.64. The molecule has 0 aromatic heterocycles. The van der Waals surface area contributed by atoms with Crippen LogP contribution in [0.3, 0.4) is 0 Å². The third-order valence-electron chi connectivity index (χ3n) is 2.88. The Morgan fingerprint density at radius 1 is 1.20 bits per heavy atom. The van der Waals surface area contributed by atoms with E-state index >= 15 is 0 Å². The quantitative estimate of drug-likeness (QED) is 0.771. The van der Waals surface area contributed by atoms with Gasteiger partial charge in [-0.05, 0) is 44.1 Å². The van der Waals surface area contributed by atoms with Crippen LogP contribution in [-0.2, 0) is 0 Å². The Morgan fingerprint density at radius 3 is 2.47 bits per heavy atom. The summed E-state index contributed by atoms with van der Waals surface area (Å²) in [5.41, 5.74) is 4.09. The lowest BCUT2D eigenvalue weighted by Gasteiger charge is -2.18. The maximum Gasteiger partial charge on any atom is 0.0444 e. The van der Waals surface area contributed by atoms with E-state index in [1.807, 2.05) is 7.05 Å². The average Bonchev–Trinajstić information content (AvgIpc) is 2.24. The van der Waals surface area contributed by atoms with Crippen LogP contribution in [0.15, 0.2) is 18.2 Å². The number of benzene rings is 1. The fourth-order valence-corrected chi connectivity index (χ4v) is 1.66. The molecule has 2 N–H and O–H groups in total. The molecule has 1 aromatic carbocycles. The highest BCUT2D eigenvalue weighted by atomic mass is 15.0. The van der Waals surface area contributed by atoms with Crippen LogP contribution in [-0.4, -0.2) is 20.1 Å². The van der Waals surface area contributed by atoms with Gasteiger partial charge in [0.05, 0.1) is 0 Å². The molecule has 0 saturated carbocycles. The van der Waals surface area contributed by atoms with Crippen molar-refractivity contribution in [3.63, 3.8) is 0 Å². The second-order valence-corrected chi connectivity index (χ2v) is 3.99. The van der Waals surface area contributed by atoms with Crippen molar-refractivity contribution in [2.45, 2.75) is 26.8 Å². The molecule has 0 saturated heterocycles. The molecule has 0 bridgehead atoms. The lowest BCUT2D eigenvalue weighted by molar-refractivity contribution is 0.538. The number of aryl methyl sites for hydroxylation is 2. The normalized spacial score (nSPS) is 12.8. The second kappa shape index (κ2) is 5.89. The van der Waals surface area contributed by atoms with E-state index in [-0.39, 0.29) is 0 Å². The zero-order valence-electron chi connectivity index (χ0n) is 10.2. The topological polar surface area (TPSA) is 24.1 Å². The summed E-state index contributed by atoms with van der Waals surface area (Å²) < 4.78 is 0. The van der Waals surface area contributed by atoms with Crippen LogP contribution in [0.4, 0.5) is 0 Å². The molecular weight excluding hydrogens is 184 g/mol. The summed E-state index contributed by atoms with van der Waals surface area (Å²) in [6.45, 7) is 8.45. The Balaban J connectivity index is 2.78. The molecule has 0 heterocycles. The minimum Gasteiger partial charge on any atom is -0.315 e. The molecule has 0 aliphatic carbocycles. The highest BCUT2D eigenvalue weighted by Gasteiger charge is 2.08. The molecule has 0 amide bonds. The van der Waals surface area contributed by atoms with Crippen LogP contribution in [0.2, 0.25) is 0 Å². The molecule has 0 aliphatic heterocycles. The molecule has 0 fully saturated rings. The van der Waals surface area contributed by atoms with Crippen molar-refractivity contribution in [1.82, 2.24) is 10.6 Å². The van der Waals surface area contributed by atoms with Crippen LogP contribution in [0.5, 0.6) is 0 Å². The minimum absolute atomic E-state index is 0.407. The van der Waals surface area contributed by atoms with Crippen molar-refractivity contribution in [2.24, 2.45) is 0 Å². The fraction of sp³-hybridized carbons (Fsp3) is 0.538. The number of rotatable bonds is 5. The zero-order valence-corrected chi connectivity index (χ0v) is 10.2. The van der Waals surface area contributed by atoms with E-state index in [9.17, 15) is 0 Å². The van der Waals surface area contributed by atoms with Crippen LogP contribution < -0.4 is 10.6 Å². The average molecular weight is 206 g/mol. The van der Waals surface area contributed by atoms with Gasteiger partial charge in [0.1, 0.15) is 0 Å². The molecule has 2 nitrogen and oxygen atoms in total. The first-order chi connectivity index (χ1) is 7.19. The third kappa shape index (κ3) is 3.33. The summed E-state index contributed by atoms with van der Waals surface area (Å²) in [4.78, 5) is 0. The molecule has 84 valence electrons. The van der Waals surface area contributed by atoms with E-state index in [0.717, 1.165) is 13.1 Å². The van der Waals surface area contributed by atoms with Gasteiger partial charge in [0.25, 0.3) is 0 Å². The van der Waals surface area contributed by atoms with Crippen LogP contribution in [0, 0.1) is 13.8 Å². The van der Waals surface area contributed by atoms with Crippen molar-refractivity contribution in [3.05, 3.63) is 34.9 Å². The lowest BCUT2D eigenvalue weighted by atomic mass is 10.0. The van der Waals surface area contributed by atoms with E-state index < -0.39 is 0 Å². The van der Waals surface area contributed by atoms with Gasteiger partial charge in [-0.2, -0.15) is 0 Å². The van der Waals surface area contributed by atoms with Crippen molar-refractivity contribution in [2.75, 3.05) is 20.1 Å².